The Morgan fingerprint density at radius 3 is 2.75 bits per heavy atom. The van der Waals surface area contributed by atoms with Crippen molar-refractivity contribution < 1.29 is 14.7 Å². The molecule has 2 rings (SSSR count). The average molecular weight is 276 g/mol. The molecule has 0 radical (unpaired) electrons. The Balaban J connectivity index is 2.34. The summed E-state index contributed by atoms with van der Waals surface area (Å²) in [6.45, 7) is 2.56. The molecule has 20 heavy (non-hydrogen) atoms. The predicted octanol–water partition coefficient (Wildman–Crippen LogP) is 1.27. The van der Waals surface area contributed by atoms with Crippen LogP contribution >= 0.6 is 0 Å². The highest BCUT2D eigenvalue weighted by Crippen LogP contribution is 2.31. The number of carbonyl (C=O) groups is 2. The first-order valence-corrected chi connectivity index (χ1v) is 6.84. The lowest BCUT2D eigenvalue weighted by atomic mass is 9.97. The van der Waals surface area contributed by atoms with E-state index in [0.717, 1.165) is 5.56 Å². The molecule has 0 aliphatic carbocycles. The average Bonchev–Trinajstić information content (AvgIpc) is 2.82. The van der Waals surface area contributed by atoms with E-state index in [4.69, 9.17) is 5.73 Å². The number of carboxylic acids is 1. The Bertz CT molecular complexity index is 530. The molecule has 1 aliphatic rings. The molecule has 1 saturated heterocycles. The molecule has 5 nitrogen and oxygen atoms in total. The molecule has 3 N–H and O–H groups in total. The van der Waals surface area contributed by atoms with Gasteiger partial charge in [-0.25, -0.2) is 4.79 Å². The van der Waals surface area contributed by atoms with Crippen molar-refractivity contribution in [1.29, 1.82) is 0 Å². The fraction of sp³-hybridized carbons (Fsp3) is 0.467. The summed E-state index contributed by atoms with van der Waals surface area (Å²) in [5, 5.41) is 9.40. The fourth-order valence-corrected chi connectivity index (χ4v) is 2.76. The first-order chi connectivity index (χ1) is 9.50. The Kier molecular flexibility index (Phi) is 4.09. The third-order valence-electron chi connectivity index (χ3n) is 4.01. The van der Waals surface area contributed by atoms with Crippen LogP contribution in [-0.2, 0) is 11.2 Å². The van der Waals surface area contributed by atoms with Gasteiger partial charge in [0.1, 0.15) is 5.54 Å². The Labute approximate surface area is 118 Å². The first-order valence-electron chi connectivity index (χ1n) is 6.84. The summed E-state index contributed by atoms with van der Waals surface area (Å²) in [5.74, 6) is -1.16. The van der Waals surface area contributed by atoms with E-state index in [1.807, 2.05) is 12.1 Å². The van der Waals surface area contributed by atoms with Crippen molar-refractivity contribution in [2.45, 2.75) is 31.7 Å². The van der Waals surface area contributed by atoms with Gasteiger partial charge in [0, 0.05) is 12.1 Å². The summed E-state index contributed by atoms with van der Waals surface area (Å²) in [6.07, 6.45) is 1.82. The molecule has 1 amide bonds. The zero-order valence-corrected chi connectivity index (χ0v) is 11.6. The molecule has 1 aliphatic heterocycles. The summed E-state index contributed by atoms with van der Waals surface area (Å²) >= 11 is 0. The van der Waals surface area contributed by atoms with Crippen LogP contribution in [0.25, 0.3) is 0 Å². The predicted molar refractivity (Wildman–Crippen MR) is 75.5 cm³/mol. The summed E-state index contributed by atoms with van der Waals surface area (Å²) in [4.78, 5) is 25.6. The molecule has 1 atom stereocenters. The van der Waals surface area contributed by atoms with Gasteiger partial charge in [-0.2, -0.15) is 0 Å². The second-order valence-corrected chi connectivity index (χ2v) is 5.34. The van der Waals surface area contributed by atoms with Crippen LogP contribution in [0, 0.1) is 0 Å². The third-order valence-corrected chi connectivity index (χ3v) is 4.01. The maximum atomic E-state index is 12.7. The minimum Gasteiger partial charge on any atom is -0.480 e. The summed E-state index contributed by atoms with van der Waals surface area (Å²) in [7, 11) is 0. The molecule has 1 aromatic carbocycles. The van der Waals surface area contributed by atoms with Gasteiger partial charge < -0.3 is 15.7 Å². The topological polar surface area (TPSA) is 83.6 Å². The third kappa shape index (κ3) is 2.41. The van der Waals surface area contributed by atoms with Gasteiger partial charge in [-0.15, -0.1) is 0 Å². The Morgan fingerprint density at radius 1 is 1.40 bits per heavy atom. The number of likely N-dealkylation sites (tertiary alicyclic amines) is 1. The van der Waals surface area contributed by atoms with E-state index in [1.54, 1.807) is 19.1 Å². The number of nitrogens with two attached hydrogens (primary N) is 1. The lowest BCUT2D eigenvalue weighted by molar-refractivity contribution is -0.147. The summed E-state index contributed by atoms with van der Waals surface area (Å²) in [6, 6.07) is 7.27. The molecule has 0 bridgehead atoms. The molecule has 5 heteroatoms. The van der Waals surface area contributed by atoms with Crippen LogP contribution in [0.2, 0.25) is 0 Å². The highest BCUT2D eigenvalue weighted by Gasteiger charge is 2.46. The van der Waals surface area contributed by atoms with Gasteiger partial charge in [0.25, 0.3) is 5.91 Å². The van der Waals surface area contributed by atoms with Crippen LogP contribution in [0.1, 0.15) is 35.7 Å². The van der Waals surface area contributed by atoms with Gasteiger partial charge in [-0.05, 0) is 44.4 Å². The Morgan fingerprint density at radius 2 is 2.10 bits per heavy atom. The van der Waals surface area contributed by atoms with Gasteiger partial charge >= 0.3 is 5.97 Å². The molecule has 1 fully saturated rings. The number of amides is 1. The van der Waals surface area contributed by atoms with E-state index in [0.29, 0.717) is 37.9 Å². The van der Waals surface area contributed by atoms with E-state index in [2.05, 4.69) is 0 Å². The van der Waals surface area contributed by atoms with Crippen molar-refractivity contribution >= 4 is 11.9 Å². The van der Waals surface area contributed by atoms with E-state index in [9.17, 15) is 14.7 Å². The number of carbonyl (C=O) groups excluding carboxylic acids is 1. The monoisotopic (exact) mass is 276 g/mol. The van der Waals surface area contributed by atoms with Gasteiger partial charge in [0.15, 0.2) is 0 Å². The van der Waals surface area contributed by atoms with Crippen LogP contribution in [0.4, 0.5) is 0 Å². The van der Waals surface area contributed by atoms with Crippen molar-refractivity contribution in [1.82, 2.24) is 4.90 Å². The maximum absolute atomic E-state index is 12.7. The largest absolute Gasteiger partial charge is 0.480 e. The van der Waals surface area contributed by atoms with Crippen molar-refractivity contribution in [3.8, 4) is 0 Å². The number of carboxylic acid groups (broad SMARTS) is 1. The maximum Gasteiger partial charge on any atom is 0.329 e. The van der Waals surface area contributed by atoms with Crippen LogP contribution in [-0.4, -0.2) is 40.5 Å². The molecule has 0 spiro atoms. The number of hydrogen-bond donors (Lipinski definition) is 2. The molecule has 108 valence electrons. The molecular formula is C15H20N2O3. The normalized spacial score (nSPS) is 22.0. The molecule has 1 heterocycles. The Hall–Kier alpha value is -1.88. The van der Waals surface area contributed by atoms with Gasteiger partial charge in [0.05, 0.1) is 0 Å². The van der Waals surface area contributed by atoms with E-state index in [-0.39, 0.29) is 5.91 Å². The number of hydrogen-bond acceptors (Lipinski definition) is 3. The second kappa shape index (κ2) is 5.63. The minimum absolute atomic E-state index is 0.212. The van der Waals surface area contributed by atoms with Gasteiger partial charge in [-0.1, -0.05) is 18.2 Å². The highest BCUT2D eigenvalue weighted by molar-refractivity contribution is 5.99. The van der Waals surface area contributed by atoms with Crippen LogP contribution < -0.4 is 5.73 Å². The lowest BCUT2D eigenvalue weighted by Crippen LogP contribution is -2.51. The number of benzene rings is 1. The summed E-state index contributed by atoms with van der Waals surface area (Å²) < 4.78 is 0. The van der Waals surface area contributed by atoms with Crippen molar-refractivity contribution in [3.05, 3.63) is 35.4 Å². The van der Waals surface area contributed by atoms with Crippen LogP contribution in [0.15, 0.2) is 24.3 Å². The number of rotatable bonds is 4. The number of aliphatic carboxylic acids is 1. The smallest absolute Gasteiger partial charge is 0.329 e. The SMILES string of the molecule is CC1(C(=O)O)CCCN1C(=O)c1ccccc1CCN. The fourth-order valence-electron chi connectivity index (χ4n) is 2.76. The zero-order valence-electron chi connectivity index (χ0n) is 11.6. The van der Waals surface area contributed by atoms with E-state index in [1.165, 1.54) is 4.90 Å². The quantitative estimate of drug-likeness (QED) is 0.867. The standard InChI is InChI=1S/C15H20N2O3/c1-15(14(19)20)8-4-10-17(15)13(18)12-6-3-2-5-11(12)7-9-16/h2-3,5-6H,4,7-10,16H2,1H3,(H,19,20). The number of nitrogens with zero attached hydrogens (tertiary/aromatic N) is 1. The molecular weight excluding hydrogens is 256 g/mol. The van der Waals surface area contributed by atoms with E-state index >= 15 is 0 Å². The van der Waals surface area contributed by atoms with E-state index < -0.39 is 11.5 Å². The molecule has 1 unspecified atom stereocenters. The van der Waals surface area contributed by atoms with Crippen LogP contribution in [0.3, 0.4) is 0 Å². The van der Waals surface area contributed by atoms with Gasteiger partial charge in [-0.3, -0.25) is 4.79 Å². The first kappa shape index (κ1) is 14.5. The minimum atomic E-state index is -1.10. The second-order valence-electron chi connectivity index (χ2n) is 5.34. The summed E-state index contributed by atoms with van der Waals surface area (Å²) in [5.41, 5.74) is 5.90. The molecule has 0 aromatic heterocycles. The zero-order chi connectivity index (χ0) is 14.8. The molecule has 1 aromatic rings. The lowest BCUT2D eigenvalue weighted by Gasteiger charge is -2.31. The van der Waals surface area contributed by atoms with Crippen molar-refractivity contribution in [2.75, 3.05) is 13.1 Å². The van der Waals surface area contributed by atoms with Crippen molar-refractivity contribution in [2.24, 2.45) is 5.73 Å². The van der Waals surface area contributed by atoms with Gasteiger partial charge in [0.2, 0.25) is 0 Å². The highest BCUT2D eigenvalue weighted by atomic mass is 16.4. The van der Waals surface area contributed by atoms with Crippen LogP contribution in [0.5, 0.6) is 0 Å². The van der Waals surface area contributed by atoms with Crippen molar-refractivity contribution in [3.63, 3.8) is 0 Å². The molecule has 0 saturated carbocycles.